The van der Waals surface area contributed by atoms with E-state index in [1.54, 1.807) is 18.2 Å². The zero-order chi connectivity index (χ0) is 39.3. The smallest absolute Gasteiger partial charge is 0.407 e. The summed E-state index contributed by atoms with van der Waals surface area (Å²) in [5.41, 5.74) is 7.40. The molecule has 3 N–H and O–H groups in total. The van der Waals surface area contributed by atoms with Gasteiger partial charge in [0.25, 0.3) is 11.8 Å². The molecule has 0 radical (unpaired) electrons. The molecule has 2 aliphatic heterocycles. The van der Waals surface area contributed by atoms with Crippen molar-refractivity contribution < 1.29 is 23.9 Å². The number of aromatic nitrogens is 4. The molecule has 57 heavy (non-hydrogen) atoms. The van der Waals surface area contributed by atoms with Crippen LogP contribution in [0, 0.1) is 0 Å². The number of benzene rings is 4. The molecule has 2 saturated heterocycles. The lowest BCUT2D eigenvalue weighted by Gasteiger charge is -2.28. The summed E-state index contributed by atoms with van der Waals surface area (Å²) >= 11 is 0. The fraction of sp³-hybridized carbons (Fsp3) is 0.267. The van der Waals surface area contributed by atoms with Crippen LogP contribution in [0.1, 0.15) is 72.7 Å². The number of amides is 3. The van der Waals surface area contributed by atoms with Crippen molar-refractivity contribution in [2.75, 3.05) is 27.3 Å². The molecule has 2 fully saturated rings. The Kier molecular flexibility index (Phi) is 10.9. The van der Waals surface area contributed by atoms with Crippen LogP contribution in [0.15, 0.2) is 122 Å². The van der Waals surface area contributed by atoms with E-state index >= 15 is 0 Å². The van der Waals surface area contributed by atoms with Gasteiger partial charge in [-0.1, -0.05) is 109 Å². The average molecular weight is 764 g/mol. The van der Waals surface area contributed by atoms with Gasteiger partial charge in [0.15, 0.2) is 6.10 Å². The van der Waals surface area contributed by atoms with Gasteiger partial charge in [0.2, 0.25) is 0 Å². The Hall–Kier alpha value is -6.53. The van der Waals surface area contributed by atoms with E-state index in [4.69, 9.17) is 19.4 Å². The lowest BCUT2D eigenvalue weighted by atomic mass is 10.0. The van der Waals surface area contributed by atoms with Gasteiger partial charge in [-0.25, -0.2) is 14.8 Å². The average Bonchev–Trinajstić information content (AvgIpc) is 4.11. The van der Waals surface area contributed by atoms with E-state index < -0.39 is 18.2 Å². The third-order valence-corrected chi connectivity index (χ3v) is 11.0. The third-order valence-electron chi connectivity index (χ3n) is 11.0. The van der Waals surface area contributed by atoms with Crippen LogP contribution in [-0.4, -0.2) is 75.0 Å². The zero-order valence-corrected chi connectivity index (χ0v) is 31.9. The number of hydrogen-bond acceptors (Lipinski definition) is 7. The molecule has 0 bridgehead atoms. The number of hydrogen-bond donors (Lipinski definition) is 3. The summed E-state index contributed by atoms with van der Waals surface area (Å²) in [6.07, 6.45) is 5.65. The van der Waals surface area contributed by atoms with Gasteiger partial charge in [-0.15, -0.1) is 0 Å². The van der Waals surface area contributed by atoms with Gasteiger partial charge in [0, 0.05) is 20.2 Å². The van der Waals surface area contributed by atoms with Crippen molar-refractivity contribution in [2.45, 2.75) is 49.9 Å². The molecule has 6 aromatic rings. The van der Waals surface area contributed by atoms with Crippen molar-refractivity contribution in [1.29, 1.82) is 0 Å². The standard InChI is InChI=1S/C45H45N7O5/c1-56-40(34-13-7-4-8-14-34)44(54)52-26-10-16-38(52)42-47-28-36(49-42)32-23-19-30(20-24-32)29-17-21-31(22-18-29)35-27-46-41(48-35)37-15-9-25-51(37)43(53)39(50-45(55)57-2)33-11-5-3-6-12-33/h3-8,11-14,17-24,27-28,37-40H,9-10,15-16,25-26H2,1-2H3,(H,46,48)(H,47,49)(H,50,55)/t37-,38-,39+,40+/m0/s1. The molecule has 4 aromatic carbocycles. The maximum atomic E-state index is 13.9. The maximum Gasteiger partial charge on any atom is 0.407 e. The molecule has 0 unspecified atom stereocenters. The van der Waals surface area contributed by atoms with Crippen LogP contribution in [0.25, 0.3) is 33.6 Å². The first-order chi connectivity index (χ1) is 27.9. The molecule has 0 aliphatic carbocycles. The van der Waals surface area contributed by atoms with Crippen LogP contribution in [0.4, 0.5) is 4.79 Å². The Morgan fingerprint density at radius 2 is 1.09 bits per heavy atom. The summed E-state index contributed by atoms with van der Waals surface area (Å²) in [6, 6.07) is 34.2. The molecule has 12 heteroatoms. The van der Waals surface area contributed by atoms with E-state index in [1.807, 2.05) is 71.8 Å². The minimum atomic E-state index is -0.873. The van der Waals surface area contributed by atoms with E-state index in [0.29, 0.717) is 24.5 Å². The molecule has 4 heterocycles. The van der Waals surface area contributed by atoms with E-state index in [0.717, 1.165) is 70.7 Å². The largest absolute Gasteiger partial charge is 0.453 e. The van der Waals surface area contributed by atoms with E-state index in [2.05, 4.69) is 63.8 Å². The van der Waals surface area contributed by atoms with Crippen LogP contribution in [0.3, 0.4) is 0 Å². The normalized spacial score (nSPS) is 17.6. The summed E-state index contributed by atoms with van der Waals surface area (Å²) in [7, 11) is 2.86. The van der Waals surface area contributed by atoms with Gasteiger partial charge in [0.05, 0.1) is 43.0 Å². The molecule has 4 atom stereocenters. The highest BCUT2D eigenvalue weighted by Gasteiger charge is 2.38. The molecule has 3 amide bonds. The fourth-order valence-electron chi connectivity index (χ4n) is 8.05. The van der Waals surface area contributed by atoms with Crippen molar-refractivity contribution in [3.8, 4) is 33.6 Å². The fourth-order valence-corrected chi connectivity index (χ4v) is 8.05. The lowest BCUT2D eigenvalue weighted by Crippen LogP contribution is -2.42. The summed E-state index contributed by atoms with van der Waals surface area (Å²) in [5, 5.41) is 2.72. The molecule has 0 spiro atoms. The zero-order valence-electron chi connectivity index (χ0n) is 31.9. The number of carbonyl (C=O) groups is 3. The highest BCUT2D eigenvalue weighted by Crippen LogP contribution is 2.36. The van der Waals surface area contributed by atoms with Gasteiger partial charge >= 0.3 is 6.09 Å². The number of H-pyrrole nitrogens is 2. The Bertz CT molecular complexity index is 2310. The van der Waals surface area contributed by atoms with Crippen LogP contribution >= 0.6 is 0 Å². The number of carbonyl (C=O) groups excluding carboxylic acids is 3. The Labute approximate surface area is 331 Å². The second kappa shape index (κ2) is 16.7. The molecule has 2 aliphatic rings. The van der Waals surface area contributed by atoms with Gasteiger partial charge in [0.1, 0.15) is 17.7 Å². The summed E-state index contributed by atoms with van der Waals surface area (Å²) in [5.74, 6) is 1.23. The maximum absolute atomic E-state index is 13.9. The third kappa shape index (κ3) is 7.81. The van der Waals surface area contributed by atoms with E-state index in [1.165, 1.54) is 7.11 Å². The molecular formula is C45H45N7O5. The molecule has 290 valence electrons. The highest BCUT2D eigenvalue weighted by atomic mass is 16.5. The minimum Gasteiger partial charge on any atom is -0.453 e. The second-order valence-corrected chi connectivity index (χ2v) is 14.4. The predicted octanol–water partition coefficient (Wildman–Crippen LogP) is 7.95. The quantitative estimate of drug-likeness (QED) is 0.121. The number of rotatable bonds is 11. The van der Waals surface area contributed by atoms with E-state index in [-0.39, 0.29) is 23.9 Å². The van der Waals surface area contributed by atoms with Crippen molar-refractivity contribution in [2.24, 2.45) is 0 Å². The number of nitrogens with one attached hydrogen (secondary N) is 3. The summed E-state index contributed by atoms with van der Waals surface area (Å²) in [6.45, 7) is 1.22. The second-order valence-electron chi connectivity index (χ2n) is 14.4. The van der Waals surface area contributed by atoms with E-state index in [9.17, 15) is 14.4 Å². The molecule has 8 rings (SSSR count). The van der Waals surface area contributed by atoms with Gasteiger partial charge < -0.3 is 34.6 Å². The Balaban J connectivity index is 0.926. The first-order valence-corrected chi connectivity index (χ1v) is 19.3. The topological polar surface area (TPSA) is 146 Å². The van der Waals surface area contributed by atoms with Crippen molar-refractivity contribution in [3.63, 3.8) is 0 Å². The van der Waals surface area contributed by atoms with Gasteiger partial charge in [-0.2, -0.15) is 0 Å². The molecule has 12 nitrogen and oxygen atoms in total. The van der Waals surface area contributed by atoms with Crippen LogP contribution < -0.4 is 5.32 Å². The summed E-state index contributed by atoms with van der Waals surface area (Å²) < 4.78 is 10.5. The predicted molar refractivity (Wildman–Crippen MR) is 215 cm³/mol. The number of aromatic amines is 2. The Morgan fingerprint density at radius 1 is 0.632 bits per heavy atom. The first kappa shape index (κ1) is 37.4. The molecule has 2 aromatic heterocycles. The number of imidazole rings is 2. The number of ether oxygens (including phenoxy) is 2. The molecular weight excluding hydrogens is 719 g/mol. The SMILES string of the molecule is COC(=O)N[C@@H](C(=O)N1CCC[C@H]1c1ncc(-c2ccc(-c3ccc(-c4cnc([C@@H]5CCCN5C(=O)[C@H](OC)c5ccccc5)[nH]4)cc3)cc2)[nH]1)c1ccccc1. The lowest BCUT2D eigenvalue weighted by molar-refractivity contribution is -0.143. The summed E-state index contributed by atoms with van der Waals surface area (Å²) in [4.78, 5) is 59.8. The number of alkyl carbamates (subject to hydrolysis) is 1. The first-order valence-electron chi connectivity index (χ1n) is 19.3. The van der Waals surface area contributed by atoms with Crippen molar-refractivity contribution >= 4 is 17.9 Å². The number of methoxy groups -OCH3 is 2. The monoisotopic (exact) mass is 763 g/mol. The van der Waals surface area contributed by atoms with Crippen molar-refractivity contribution in [1.82, 2.24) is 35.1 Å². The Morgan fingerprint density at radius 3 is 1.56 bits per heavy atom. The molecule has 0 saturated carbocycles. The van der Waals surface area contributed by atoms with Gasteiger partial charge in [-0.3, -0.25) is 9.59 Å². The highest BCUT2D eigenvalue weighted by molar-refractivity contribution is 5.87. The van der Waals surface area contributed by atoms with Gasteiger partial charge in [-0.05, 0) is 59.1 Å². The van der Waals surface area contributed by atoms with Crippen LogP contribution in [0.2, 0.25) is 0 Å². The van der Waals surface area contributed by atoms with Crippen LogP contribution in [0.5, 0.6) is 0 Å². The number of nitrogens with zero attached hydrogens (tertiary/aromatic N) is 4. The number of likely N-dealkylation sites (tertiary alicyclic amines) is 2. The van der Waals surface area contributed by atoms with Crippen LogP contribution in [-0.2, 0) is 19.1 Å². The van der Waals surface area contributed by atoms with Crippen molar-refractivity contribution in [3.05, 3.63) is 144 Å². The minimum absolute atomic E-state index is 0.0523.